The molecular formula is C13H17NO. The smallest absolute Gasteiger partial charge is 0.244 e. The van der Waals surface area contributed by atoms with Gasteiger partial charge in [0.1, 0.15) is 0 Å². The Balaban J connectivity index is 2.79. The molecule has 0 aliphatic carbocycles. The van der Waals surface area contributed by atoms with Crippen molar-refractivity contribution >= 4 is 12.0 Å². The molecule has 2 heteroatoms. The fourth-order valence-corrected chi connectivity index (χ4v) is 1.38. The quantitative estimate of drug-likeness (QED) is 0.735. The first-order valence-corrected chi connectivity index (χ1v) is 5.29. The number of amides is 1. The summed E-state index contributed by atoms with van der Waals surface area (Å²) >= 11 is 0. The van der Waals surface area contributed by atoms with Gasteiger partial charge in [-0.25, -0.2) is 0 Å². The van der Waals surface area contributed by atoms with Gasteiger partial charge >= 0.3 is 0 Å². The van der Waals surface area contributed by atoms with E-state index in [1.54, 1.807) is 0 Å². The topological polar surface area (TPSA) is 43.1 Å². The number of nitrogens with two attached hydrogens (primary N) is 1. The van der Waals surface area contributed by atoms with Crippen LogP contribution in [-0.4, -0.2) is 5.91 Å². The van der Waals surface area contributed by atoms with Crippen LogP contribution in [0.4, 0.5) is 0 Å². The van der Waals surface area contributed by atoms with Gasteiger partial charge in [0.2, 0.25) is 5.91 Å². The highest BCUT2D eigenvalue weighted by atomic mass is 16.1. The number of hydrogen-bond donors (Lipinski definition) is 1. The van der Waals surface area contributed by atoms with E-state index in [1.807, 2.05) is 36.4 Å². The molecule has 0 fully saturated rings. The zero-order valence-electron chi connectivity index (χ0n) is 9.07. The van der Waals surface area contributed by atoms with Crippen LogP contribution in [0.25, 0.3) is 6.08 Å². The SMILES string of the molecule is CCCC/C(=C/c1ccccc1)C(N)=O. The lowest BCUT2D eigenvalue weighted by molar-refractivity contribution is -0.114. The van der Waals surface area contributed by atoms with E-state index >= 15 is 0 Å². The van der Waals surface area contributed by atoms with Crippen LogP contribution < -0.4 is 5.73 Å². The summed E-state index contributed by atoms with van der Waals surface area (Å²) in [6.45, 7) is 2.10. The van der Waals surface area contributed by atoms with E-state index in [0.29, 0.717) is 5.57 Å². The zero-order chi connectivity index (χ0) is 11.1. The fraction of sp³-hybridized carbons (Fsp3) is 0.308. The van der Waals surface area contributed by atoms with E-state index in [0.717, 1.165) is 24.8 Å². The predicted molar refractivity (Wildman–Crippen MR) is 63.1 cm³/mol. The molecule has 2 nitrogen and oxygen atoms in total. The van der Waals surface area contributed by atoms with Crippen LogP contribution in [0.3, 0.4) is 0 Å². The van der Waals surface area contributed by atoms with Crippen LogP contribution in [0.2, 0.25) is 0 Å². The molecular weight excluding hydrogens is 186 g/mol. The minimum absolute atomic E-state index is 0.313. The highest BCUT2D eigenvalue weighted by Gasteiger charge is 2.03. The van der Waals surface area contributed by atoms with Gasteiger partial charge in [-0.3, -0.25) is 4.79 Å². The number of carbonyl (C=O) groups is 1. The molecule has 0 unspecified atom stereocenters. The number of carbonyl (C=O) groups excluding carboxylic acids is 1. The maximum Gasteiger partial charge on any atom is 0.244 e. The summed E-state index contributed by atoms with van der Waals surface area (Å²) in [5.41, 5.74) is 7.06. The average Bonchev–Trinajstić information content (AvgIpc) is 2.25. The molecule has 0 saturated heterocycles. The van der Waals surface area contributed by atoms with Crippen molar-refractivity contribution in [3.05, 3.63) is 41.5 Å². The Hall–Kier alpha value is -1.57. The third kappa shape index (κ3) is 3.98. The van der Waals surface area contributed by atoms with E-state index in [1.165, 1.54) is 0 Å². The lowest BCUT2D eigenvalue weighted by atomic mass is 10.0. The Morgan fingerprint density at radius 1 is 1.33 bits per heavy atom. The van der Waals surface area contributed by atoms with Crippen molar-refractivity contribution in [2.75, 3.05) is 0 Å². The second-order valence-corrected chi connectivity index (χ2v) is 3.55. The number of primary amides is 1. The van der Waals surface area contributed by atoms with E-state index in [-0.39, 0.29) is 5.91 Å². The number of hydrogen-bond acceptors (Lipinski definition) is 1. The number of benzene rings is 1. The highest BCUT2D eigenvalue weighted by molar-refractivity contribution is 5.96. The largest absolute Gasteiger partial charge is 0.366 e. The second kappa shape index (κ2) is 6.02. The summed E-state index contributed by atoms with van der Waals surface area (Å²) in [5.74, 6) is -0.313. The van der Waals surface area contributed by atoms with Gasteiger partial charge in [-0.15, -0.1) is 0 Å². The van der Waals surface area contributed by atoms with Gasteiger partial charge in [0.05, 0.1) is 0 Å². The molecule has 1 amide bonds. The first-order chi connectivity index (χ1) is 7.24. The van der Waals surface area contributed by atoms with Gasteiger partial charge in [-0.2, -0.15) is 0 Å². The third-order valence-corrected chi connectivity index (χ3v) is 2.26. The molecule has 0 heterocycles. The summed E-state index contributed by atoms with van der Waals surface area (Å²) < 4.78 is 0. The molecule has 0 spiro atoms. The Morgan fingerprint density at radius 3 is 2.53 bits per heavy atom. The monoisotopic (exact) mass is 203 g/mol. The number of unbranched alkanes of at least 4 members (excludes halogenated alkanes) is 1. The molecule has 1 rings (SSSR count). The van der Waals surface area contributed by atoms with Crippen molar-refractivity contribution in [3.8, 4) is 0 Å². The van der Waals surface area contributed by atoms with Gasteiger partial charge in [0.25, 0.3) is 0 Å². The molecule has 1 aromatic rings. The Bertz CT molecular complexity index is 341. The van der Waals surface area contributed by atoms with Crippen LogP contribution >= 0.6 is 0 Å². The summed E-state index contributed by atoms with van der Waals surface area (Å²) in [4.78, 5) is 11.2. The minimum atomic E-state index is -0.313. The fourth-order valence-electron chi connectivity index (χ4n) is 1.38. The standard InChI is InChI=1S/C13H17NO/c1-2-3-9-12(13(14)15)10-11-7-5-4-6-8-11/h4-8,10H,2-3,9H2,1H3,(H2,14,15)/b12-10-. The minimum Gasteiger partial charge on any atom is -0.366 e. The Kier molecular flexibility index (Phi) is 4.61. The van der Waals surface area contributed by atoms with Crippen molar-refractivity contribution in [2.45, 2.75) is 26.2 Å². The molecule has 0 radical (unpaired) electrons. The summed E-state index contributed by atoms with van der Waals surface area (Å²) in [5, 5.41) is 0. The lowest BCUT2D eigenvalue weighted by Crippen LogP contribution is -2.13. The van der Waals surface area contributed by atoms with Crippen molar-refractivity contribution in [2.24, 2.45) is 5.73 Å². The van der Waals surface area contributed by atoms with Crippen LogP contribution in [0, 0.1) is 0 Å². The van der Waals surface area contributed by atoms with Crippen molar-refractivity contribution < 1.29 is 4.79 Å². The summed E-state index contributed by atoms with van der Waals surface area (Å²) in [6.07, 6.45) is 4.71. The molecule has 0 aromatic heterocycles. The van der Waals surface area contributed by atoms with Crippen molar-refractivity contribution in [3.63, 3.8) is 0 Å². The van der Waals surface area contributed by atoms with E-state index < -0.39 is 0 Å². The Morgan fingerprint density at radius 2 is 2.00 bits per heavy atom. The lowest BCUT2D eigenvalue weighted by Gasteiger charge is -2.02. The second-order valence-electron chi connectivity index (χ2n) is 3.55. The van der Waals surface area contributed by atoms with Gasteiger partial charge < -0.3 is 5.73 Å². The maximum atomic E-state index is 11.2. The molecule has 2 N–H and O–H groups in total. The third-order valence-electron chi connectivity index (χ3n) is 2.26. The molecule has 0 atom stereocenters. The Labute approximate surface area is 90.8 Å². The molecule has 0 aliphatic rings. The van der Waals surface area contributed by atoms with E-state index in [4.69, 9.17) is 5.73 Å². The molecule has 15 heavy (non-hydrogen) atoms. The van der Waals surface area contributed by atoms with Gasteiger partial charge in [0.15, 0.2) is 0 Å². The first-order valence-electron chi connectivity index (χ1n) is 5.29. The van der Waals surface area contributed by atoms with Crippen LogP contribution in [0.5, 0.6) is 0 Å². The normalized spacial score (nSPS) is 11.4. The number of rotatable bonds is 5. The van der Waals surface area contributed by atoms with Gasteiger partial charge in [0, 0.05) is 5.57 Å². The van der Waals surface area contributed by atoms with E-state index in [9.17, 15) is 4.79 Å². The van der Waals surface area contributed by atoms with Crippen molar-refractivity contribution in [1.29, 1.82) is 0 Å². The van der Waals surface area contributed by atoms with Crippen LogP contribution in [-0.2, 0) is 4.79 Å². The zero-order valence-corrected chi connectivity index (χ0v) is 9.07. The van der Waals surface area contributed by atoms with Crippen molar-refractivity contribution in [1.82, 2.24) is 0 Å². The molecule has 0 saturated carbocycles. The molecule has 0 bridgehead atoms. The molecule has 0 aliphatic heterocycles. The maximum absolute atomic E-state index is 11.2. The highest BCUT2D eigenvalue weighted by Crippen LogP contribution is 2.12. The van der Waals surface area contributed by atoms with Gasteiger partial charge in [-0.1, -0.05) is 43.7 Å². The first kappa shape index (κ1) is 11.5. The molecule has 1 aromatic carbocycles. The summed E-state index contributed by atoms with van der Waals surface area (Å²) in [7, 11) is 0. The van der Waals surface area contributed by atoms with Crippen LogP contribution in [0.15, 0.2) is 35.9 Å². The molecule has 80 valence electrons. The van der Waals surface area contributed by atoms with Gasteiger partial charge in [-0.05, 0) is 24.5 Å². The van der Waals surface area contributed by atoms with E-state index in [2.05, 4.69) is 6.92 Å². The summed E-state index contributed by atoms with van der Waals surface area (Å²) in [6, 6.07) is 9.78. The average molecular weight is 203 g/mol. The van der Waals surface area contributed by atoms with Crippen LogP contribution in [0.1, 0.15) is 31.7 Å². The predicted octanol–water partition coefficient (Wildman–Crippen LogP) is 2.75.